The first-order valence-corrected chi connectivity index (χ1v) is 7.78. The molecule has 1 heterocycles. The molecule has 0 bridgehead atoms. The van der Waals surface area contributed by atoms with Crippen molar-refractivity contribution in [3.05, 3.63) is 34.1 Å². The molecule has 1 N–H and O–H groups in total. The van der Waals surface area contributed by atoms with Crippen molar-refractivity contribution < 1.29 is 9.13 Å². The van der Waals surface area contributed by atoms with Gasteiger partial charge in [-0.2, -0.15) is 0 Å². The third kappa shape index (κ3) is 3.77. The van der Waals surface area contributed by atoms with Crippen molar-refractivity contribution >= 4 is 15.9 Å². The Morgan fingerprint density at radius 3 is 3.05 bits per heavy atom. The highest BCUT2D eigenvalue weighted by Crippen LogP contribution is 2.32. The lowest BCUT2D eigenvalue weighted by molar-refractivity contribution is 0.0385. The quantitative estimate of drug-likeness (QED) is 0.879. The molecule has 1 aliphatic rings. The average Bonchev–Trinajstić information content (AvgIpc) is 2.45. The third-order valence-electron chi connectivity index (χ3n) is 3.60. The molecule has 4 heteroatoms. The normalized spacial score (nSPS) is 21.3. The molecule has 2 unspecified atom stereocenters. The Balaban J connectivity index is 2.22. The molecule has 1 saturated heterocycles. The molecule has 2 atom stereocenters. The standard InChI is InChI=1S/C15H21BrFNO/c1-2-8-18-15(11-5-4-9-19-10-11)12-6-3-7-13(16)14(12)17/h3,6-7,11,15,18H,2,4-5,8-10H2,1H3. The molecule has 0 saturated carbocycles. The average molecular weight is 330 g/mol. The Morgan fingerprint density at radius 1 is 1.53 bits per heavy atom. The Morgan fingerprint density at radius 2 is 2.37 bits per heavy atom. The number of nitrogens with one attached hydrogen (secondary N) is 1. The number of hydrogen-bond acceptors (Lipinski definition) is 2. The molecular formula is C15H21BrFNO. The minimum atomic E-state index is -0.151. The first kappa shape index (κ1) is 14.9. The summed E-state index contributed by atoms with van der Waals surface area (Å²) >= 11 is 3.27. The first-order valence-electron chi connectivity index (χ1n) is 6.99. The highest BCUT2D eigenvalue weighted by atomic mass is 79.9. The second kappa shape index (κ2) is 7.36. The van der Waals surface area contributed by atoms with Crippen LogP contribution in [0.15, 0.2) is 22.7 Å². The summed E-state index contributed by atoms with van der Waals surface area (Å²) in [5.41, 5.74) is 0.748. The van der Waals surface area contributed by atoms with Gasteiger partial charge in [-0.15, -0.1) is 0 Å². The van der Waals surface area contributed by atoms with Crippen LogP contribution in [0.25, 0.3) is 0 Å². The monoisotopic (exact) mass is 329 g/mol. The first-order chi connectivity index (χ1) is 9.24. The van der Waals surface area contributed by atoms with Crippen molar-refractivity contribution in [2.45, 2.75) is 32.2 Å². The Hall–Kier alpha value is -0.450. The minimum Gasteiger partial charge on any atom is -0.381 e. The van der Waals surface area contributed by atoms with Gasteiger partial charge in [-0.05, 0) is 47.8 Å². The number of hydrogen-bond donors (Lipinski definition) is 1. The maximum absolute atomic E-state index is 14.3. The zero-order valence-electron chi connectivity index (χ0n) is 11.3. The van der Waals surface area contributed by atoms with Crippen molar-refractivity contribution in [3.8, 4) is 0 Å². The van der Waals surface area contributed by atoms with Crippen LogP contribution in [0.4, 0.5) is 4.39 Å². The van der Waals surface area contributed by atoms with E-state index in [0.717, 1.165) is 38.0 Å². The molecule has 1 aromatic carbocycles. The van der Waals surface area contributed by atoms with Crippen molar-refractivity contribution in [2.75, 3.05) is 19.8 Å². The molecule has 1 fully saturated rings. The van der Waals surface area contributed by atoms with Crippen LogP contribution in [-0.4, -0.2) is 19.8 Å². The lowest BCUT2D eigenvalue weighted by Gasteiger charge is -2.31. The molecular weight excluding hydrogens is 309 g/mol. The van der Waals surface area contributed by atoms with E-state index in [1.54, 1.807) is 6.07 Å². The van der Waals surface area contributed by atoms with Crippen LogP contribution in [-0.2, 0) is 4.74 Å². The Labute approximate surface area is 122 Å². The van der Waals surface area contributed by atoms with E-state index in [9.17, 15) is 4.39 Å². The number of halogens is 2. The SMILES string of the molecule is CCCNC(c1cccc(Br)c1F)C1CCCOC1. The second-order valence-electron chi connectivity index (χ2n) is 5.05. The van der Waals surface area contributed by atoms with Crippen molar-refractivity contribution in [1.82, 2.24) is 5.32 Å². The summed E-state index contributed by atoms with van der Waals surface area (Å²) in [5, 5.41) is 3.48. The van der Waals surface area contributed by atoms with E-state index >= 15 is 0 Å². The molecule has 0 amide bonds. The van der Waals surface area contributed by atoms with E-state index in [4.69, 9.17) is 4.74 Å². The van der Waals surface area contributed by atoms with E-state index < -0.39 is 0 Å². The van der Waals surface area contributed by atoms with Gasteiger partial charge in [0, 0.05) is 24.1 Å². The fourth-order valence-electron chi connectivity index (χ4n) is 2.62. The number of ether oxygens (including phenoxy) is 1. The predicted molar refractivity (Wildman–Crippen MR) is 78.7 cm³/mol. The maximum atomic E-state index is 14.3. The summed E-state index contributed by atoms with van der Waals surface area (Å²) < 4.78 is 20.4. The smallest absolute Gasteiger partial charge is 0.142 e. The summed E-state index contributed by atoms with van der Waals surface area (Å²) in [6.07, 6.45) is 3.19. The molecule has 2 nitrogen and oxygen atoms in total. The van der Waals surface area contributed by atoms with Gasteiger partial charge in [-0.1, -0.05) is 19.1 Å². The lowest BCUT2D eigenvalue weighted by Crippen LogP contribution is -2.34. The Kier molecular flexibility index (Phi) is 5.79. The van der Waals surface area contributed by atoms with E-state index in [2.05, 4.69) is 28.2 Å². The van der Waals surface area contributed by atoms with Crippen molar-refractivity contribution in [3.63, 3.8) is 0 Å². The molecule has 106 valence electrons. The van der Waals surface area contributed by atoms with E-state index in [0.29, 0.717) is 17.0 Å². The highest BCUT2D eigenvalue weighted by molar-refractivity contribution is 9.10. The molecule has 0 radical (unpaired) electrons. The van der Waals surface area contributed by atoms with E-state index in [1.165, 1.54) is 0 Å². The van der Waals surface area contributed by atoms with Crippen LogP contribution < -0.4 is 5.32 Å². The topological polar surface area (TPSA) is 21.3 Å². The van der Waals surface area contributed by atoms with Gasteiger partial charge in [0.05, 0.1) is 11.1 Å². The van der Waals surface area contributed by atoms with Gasteiger partial charge in [0.15, 0.2) is 0 Å². The van der Waals surface area contributed by atoms with Gasteiger partial charge in [0.1, 0.15) is 5.82 Å². The second-order valence-corrected chi connectivity index (χ2v) is 5.91. The fourth-order valence-corrected chi connectivity index (χ4v) is 3.00. The van der Waals surface area contributed by atoms with Gasteiger partial charge in [-0.3, -0.25) is 0 Å². The van der Waals surface area contributed by atoms with Crippen molar-refractivity contribution in [2.24, 2.45) is 5.92 Å². The fraction of sp³-hybridized carbons (Fsp3) is 0.600. The zero-order chi connectivity index (χ0) is 13.7. The van der Waals surface area contributed by atoms with Crippen LogP contribution in [0, 0.1) is 11.7 Å². The highest BCUT2D eigenvalue weighted by Gasteiger charge is 2.27. The van der Waals surface area contributed by atoms with E-state index in [1.807, 2.05) is 12.1 Å². The summed E-state index contributed by atoms with van der Waals surface area (Å²) in [7, 11) is 0. The van der Waals surface area contributed by atoms with E-state index in [-0.39, 0.29) is 11.9 Å². The Bertz CT molecular complexity index is 407. The van der Waals surface area contributed by atoms with Crippen LogP contribution in [0.5, 0.6) is 0 Å². The molecule has 0 aliphatic carbocycles. The van der Waals surface area contributed by atoms with Crippen molar-refractivity contribution in [1.29, 1.82) is 0 Å². The van der Waals surface area contributed by atoms with Gasteiger partial charge in [0.2, 0.25) is 0 Å². The van der Waals surface area contributed by atoms with Gasteiger partial charge >= 0.3 is 0 Å². The maximum Gasteiger partial charge on any atom is 0.142 e. The zero-order valence-corrected chi connectivity index (χ0v) is 12.9. The molecule has 2 rings (SSSR count). The molecule has 0 spiro atoms. The molecule has 1 aromatic rings. The van der Waals surface area contributed by atoms with Crippen LogP contribution in [0.3, 0.4) is 0 Å². The summed E-state index contributed by atoms with van der Waals surface area (Å²) in [5.74, 6) is 0.200. The van der Waals surface area contributed by atoms with Gasteiger partial charge < -0.3 is 10.1 Å². The minimum absolute atomic E-state index is 0.0396. The molecule has 19 heavy (non-hydrogen) atoms. The van der Waals surface area contributed by atoms with Crippen LogP contribution in [0.1, 0.15) is 37.8 Å². The molecule has 1 aliphatic heterocycles. The predicted octanol–water partition coefficient (Wildman–Crippen LogP) is 4.06. The summed E-state index contributed by atoms with van der Waals surface area (Å²) in [6, 6.07) is 5.56. The largest absolute Gasteiger partial charge is 0.381 e. The number of rotatable bonds is 5. The third-order valence-corrected chi connectivity index (χ3v) is 4.21. The van der Waals surface area contributed by atoms with Crippen LogP contribution >= 0.6 is 15.9 Å². The molecule has 0 aromatic heterocycles. The summed E-state index contributed by atoms with van der Waals surface area (Å²) in [6.45, 7) is 4.57. The van der Waals surface area contributed by atoms with Gasteiger partial charge in [0.25, 0.3) is 0 Å². The number of benzene rings is 1. The van der Waals surface area contributed by atoms with Crippen LogP contribution in [0.2, 0.25) is 0 Å². The van der Waals surface area contributed by atoms with Gasteiger partial charge in [-0.25, -0.2) is 4.39 Å². The summed E-state index contributed by atoms with van der Waals surface area (Å²) in [4.78, 5) is 0. The lowest BCUT2D eigenvalue weighted by atomic mass is 9.88.